The summed E-state index contributed by atoms with van der Waals surface area (Å²) in [5, 5.41) is 19.1. The number of azo groups is 1. The molecule has 0 heterocycles. The van der Waals surface area contributed by atoms with Crippen molar-refractivity contribution in [2.24, 2.45) is 10.2 Å². The van der Waals surface area contributed by atoms with Gasteiger partial charge in [-0.05, 0) is 153 Å². The molecule has 0 fully saturated rings. The molecule has 6 rings (SSSR count). The molecule has 0 saturated heterocycles. The number of carbonyl (C=O) groups excluding carboxylic acids is 6. The average molecular weight is 1260 g/mol. The van der Waals surface area contributed by atoms with Gasteiger partial charge in [0.2, 0.25) is 0 Å². The molecule has 0 aliphatic rings. The number of ether oxygens (including phenoxy) is 9. The molecule has 0 aliphatic heterocycles. The van der Waals surface area contributed by atoms with Gasteiger partial charge in [-0.15, -0.1) is 0 Å². The van der Waals surface area contributed by atoms with Crippen molar-refractivity contribution in [2.75, 3.05) is 39.6 Å². The molecule has 0 saturated carbocycles. The van der Waals surface area contributed by atoms with Crippen molar-refractivity contribution in [1.29, 1.82) is 0 Å². The highest BCUT2D eigenvalue weighted by molar-refractivity contribution is 6.06. The van der Waals surface area contributed by atoms with E-state index in [9.17, 15) is 38.9 Å². The first-order valence-corrected chi connectivity index (χ1v) is 31.4. The van der Waals surface area contributed by atoms with Crippen LogP contribution < -0.4 is 28.4 Å². The van der Waals surface area contributed by atoms with Crippen LogP contribution in [0.4, 0.5) is 17.1 Å². The molecule has 0 radical (unpaired) electrons. The lowest BCUT2D eigenvalue weighted by molar-refractivity contribution is -0.384. The highest BCUT2D eigenvalue weighted by atomic mass is 16.6. The van der Waals surface area contributed by atoms with Crippen LogP contribution in [-0.2, 0) is 23.8 Å². The van der Waals surface area contributed by atoms with Gasteiger partial charge in [-0.1, -0.05) is 116 Å². The fourth-order valence-corrected chi connectivity index (χ4v) is 9.20. The maximum Gasteiger partial charge on any atom is 0.344 e. The fraction of sp³-hybridized carbons (Fsp3) is 0.361. The third kappa shape index (κ3) is 27.4. The van der Waals surface area contributed by atoms with E-state index in [1.165, 1.54) is 111 Å². The number of unbranched alkanes of at least 4 members (excludes halogenated alkanes) is 18. The first-order valence-electron chi connectivity index (χ1n) is 31.4. The molecule has 6 aromatic rings. The maximum atomic E-state index is 13.8. The van der Waals surface area contributed by atoms with E-state index in [1.807, 2.05) is 0 Å². The fourth-order valence-electron chi connectivity index (χ4n) is 9.20. The van der Waals surface area contributed by atoms with Crippen molar-refractivity contribution in [3.8, 4) is 34.5 Å². The molecule has 20 nitrogen and oxygen atoms in total. The third-order valence-electron chi connectivity index (χ3n) is 14.3. The molecule has 0 aliphatic carbocycles. The summed E-state index contributed by atoms with van der Waals surface area (Å²) in [6, 6.07) is 35.0. The van der Waals surface area contributed by atoms with E-state index in [1.54, 1.807) is 72.8 Å². The summed E-state index contributed by atoms with van der Waals surface area (Å²) in [7, 11) is 0. The minimum atomic E-state index is -0.935. The van der Waals surface area contributed by atoms with Gasteiger partial charge in [-0.25, -0.2) is 28.8 Å². The van der Waals surface area contributed by atoms with Gasteiger partial charge in [0.1, 0.15) is 47.7 Å². The zero-order valence-electron chi connectivity index (χ0n) is 52.0. The standard InChI is InChI=1S/C72H81N3O17/c1-3-67(76)87-49-23-19-15-11-7-5-9-13-17-21-47-84-59-34-40-63(41-35-59)91-70(79)55-27-46-65(72(81)92-64-44-36-60(37-45-64)85-48-22-18-14-10-6-8-12-16-20-24-50-88-68(77)4-2)66(53-55)71(80)89-52-51-86-61-38-42-62(43-39-61)90-69(78)54-25-28-56(29-26-54)73-74-57-30-32-58(33-31-57)75(82)83/h3-4,25-46,53H,1-2,5-24,47-52H2. The van der Waals surface area contributed by atoms with Gasteiger partial charge in [0, 0.05) is 24.3 Å². The van der Waals surface area contributed by atoms with Crippen molar-refractivity contribution in [2.45, 2.75) is 128 Å². The summed E-state index contributed by atoms with van der Waals surface area (Å²) in [6.45, 7) is 8.37. The number of nitro groups is 1. The Bertz CT molecular complexity index is 3310. The van der Waals surface area contributed by atoms with Crippen molar-refractivity contribution in [1.82, 2.24) is 0 Å². The van der Waals surface area contributed by atoms with E-state index < -0.39 is 28.8 Å². The molecule has 6 aromatic carbocycles. The number of nitrogens with zero attached hydrogens (tertiary/aromatic N) is 3. The van der Waals surface area contributed by atoms with Crippen LogP contribution in [-0.4, -0.2) is 80.4 Å². The van der Waals surface area contributed by atoms with Gasteiger partial charge >= 0.3 is 35.8 Å². The minimum absolute atomic E-state index is 0.0367. The molecule has 0 N–H and O–H groups in total. The van der Waals surface area contributed by atoms with Crippen molar-refractivity contribution in [3.63, 3.8) is 0 Å². The second-order valence-corrected chi connectivity index (χ2v) is 21.4. The van der Waals surface area contributed by atoms with Crippen molar-refractivity contribution in [3.05, 3.63) is 197 Å². The molecule has 0 unspecified atom stereocenters. The number of hydrogen-bond acceptors (Lipinski definition) is 19. The molecule has 0 atom stereocenters. The zero-order valence-corrected chi connectivity index (χ0v) is 52.0. The van der Waals surface area contributed by atoms with Crippen LogP contribution in [0, 0.1) is 10.1 Å². The van der Waals surface area contributed by atoms with E-state index in [2.05, 4.69) is 23.4 Å². The monoisotopic (exact) mass is 1260 g/mol. The molecule has 0 aromatic heterocycles. The Morgan fingerprint density at radius 1 is 0.348 bits per heavy atom. The maximum absolute atomic E-state index is 13.8. The van der Waals surface area contributed by atoms with Crippen molar-refractivity contribution >= 4 is 52.9 Å². The van der Waals surface area contributed by atoms with Crippen LogP contribution >= 0.6 is 0 Å². The Kier molecular flexibility index (Phi) is 32.0. The first-order chi connectivity index (χ1) is 44.9. The summed E-state index contributed by atoms with van der Waals surface area (Å²) in [5.74, 6) is -1.75. The number of esters is 6. The van der Waals surface area contributed by atoms with Crippen LogP contribution in [0.1, 0.15) is 170 Å². The Hall–Kier alpha value is -9.98. The van der Waals surface area contributed by atoms with E-state index in [-0.39, 0.29) is 70.3 Å². The van der Waals surface area contributed by atoms with Crippen molar-refractivity contribution < 1.29 is 76.3 Å². The molecule has 0 amide bonds. The largest absolute Gasteiger partial charge is 0.494 e. The minimum Gasteiger partial charge on any atom is -0.494 e. The molecule has 0 spiro atoms. The zero-order chi connectivity index (χ0) is 65.4. The van der Waals surface area contributed by atoms with Crippen LogP contribution in [0.15, 0.2) is 175 Å². The second kappa shape index (κ2) is 41.3. The van der Waals surface area contributed by atoms with Gasteiger partial charge in [0.05, 0.1) is 65.0 Å². The van der Waals surface area contributed by atoms with E-state index in [0.29, 0.717) is 55.1 Å². The molecule has 0 bridgehead atoms. The summed E-state index contributed by atoms with van der Waals surface area (Å²) >= 11 is 0. The summed E-state index contributed by atoms with van der Waals surface area (Å²) in [6.07, 6.45) is 23.9. The molecule has 92 heavy (non-hydrogen) atoms. The van der Waals surface area contributed by atoms with E-state index in [4.69, 9.17) is 42.6 Å². The van der Waals surface area contributed by atoms with Crippen LogP contribution in [0.2, 0.25) is 0 Å². The topological polar surface area (TPSA) is 253 Å². The second-order valence-electron chi connectivity index (χ2n) is 21.4. The van der Waals surface area contributed by atoms with Gasteiger partial charge in [-0.2, -0.15) is 10.2 Å². The lowest BCUT2D eigenvalue weighted by Crippen LogP contribution is -2.19. The number of nitro benzene ring substituents is 1. The summed E-state index contributed by atoms with van der Waals surface area (Å²) < 4.78 is 50.2. The van der Waals surface area contributed by atoms with E-state index in [0.717, 1.165) is 96.3 Å². The molecular weight excluding hydrogens is 1180 g/mol. The summed E-state index contributed by atoms with van der Waals surface area (Å²) in [5.41, 5.74) is 0.582. The SMILES string of the molecule is C=CC(=O)OCCCCCCCCCCCCOc1ccc(OC(=O)c2ccc(C(=O)Oc3ccc(OCCCCCCCCCCCCOC(=O)C=C)cc3)c(C(=O)OCCOc3ccc(OC(=O)c4ccc(N=Nc5ccc([N+](=O)[O-])cc5)cc4)cc3)c2)cc1. The smallest absolute Gasteiger partial charge is 0.344 e. The predicted octanol–water partition coefficient (Wildman–Crippen LogP) is 16.9. The average Bonchev–Trinajstić information content (AvgIpc) is 0.860. The lowest BCUT2D eigenvalue weighted by atomic mass is 10.0. The Labute approximate surface area is 537 Å². The number of non-ortho nitro benzene ring substituents is 1. The molecule has 486 valence electrons. The Balaban J connectivity index is 0.957. The van der Waals surface area contributed by atoms with Gasteiger partial charge in [-0.3, -0.25) is 10.1 Å². The Morgan fingerprint density at radius 2 is 0.685 bits per heavy atom. The first kappa shape index (κ1) is 71.1. The van der Waals surface area contributed by atoms with Gasteiger partial charge < -0.3 is 42.6 Å². The highest BCUT2D eigenvalue weighted by Gasteiger charge is 2.24. The highest BCUT2D eigenvalue weighted by Crippen LogP contribution is 2.27. The molecule has 20 heteroatoms. The normalized spacial score (nSPS) is 10.8. The van der Waals surface area contributed by atoms with Crippen LogP contribution in [0.5, 0.6) is 34.5 Å². The van der Waals surface area contributed by atoms with Gasteiger partial charge in [0.15, 0.2) is 0 Å². The van der Waals surface area contributed by atoms with Crippen LogP contribution in [0.3, 0.4) is 0 Å². The van der Waals surface area contributed by atoms with E-state index >= 15 is 0 Å². The summed E-state index contributed by atoms with van der Waals surface area (Å²) in [4.78, 5) is 86.8. The number of benzene rings is 6. The quantitative estimate of drug-likeness (QED) is 0.00503. The number of rotatable bonds is 44. The predicted molar refractivity (Wildman–Crippen MR) is 346 cm³/mol. The lowest BCUT2D eigenvalue weighted by Gasteiger charge is -2.13. The third-order valence-corrected chi connectivity index (χ3v) is 14.3. The van der Waals surface area contributed by atoms with Crippen LogP contribution in [0.25, 0.3) is 0 Å². The molecular formula is C72H81N3O17. The Morgan fingerprint density at radius 3 is 1.09 bits per heavy atom. The number of carbonyl (C=O) groups is 6. The number of hydrogen-bond donors (Lipinski definition) is 0. The van der Waals surface area contributed by atoms with Gasteiger partial charge in [0.25, 0.3) is 5.69 Å².